The molecule has 1 aromatic rings. The van der Waals surface area contributed by atoms with Gasteiger partial charge in [0.1, 0.15) is 0 Å². The summed E-state index contributed by atoms with van der Waals surface area (Å²) in [7, 11) is 0. The molecule has 1 aliphatic rings. The van der Waals surface area contributed by atoms with Crippen LogP contribution in [0.2, 0.25) is 5.02 Å². The minimum Gasteiger partial charge on any atom is -0.325 e. The standard InChI is InChI=1S/C16H23ClN2O/c1-3-6-16(7-9-18-10-8-16)15(20)19-14-5-4-13(17)11-12(14)2/h4-5,11,18H,3,6-10H2,1-2H3,(H,19,20). The predicted octanol–water partition coefficient (Wildman–Crippen LogP) is 3.76. The van der Waals surface area contributed by atoms with Gasteiger partial charge in [0.25, 0.3) is 0 Å². The van der Waals surface area contributed by atoms with Crippen LogP contribution in [0.5, 0.6) is 0 Å². The maximum absolute atomic E-state index is 12.7. The summed E-state index contributed by atoms with van der Waals surface area (Å²) in [5.41, 5.74) is 1.66. The quantitative estimate of drug-likeness (QED) is 0.888. The first-order valence-corrected chi connectivity index (χ1v) is 7.73. The van der Waals surface area contributed by atoms with E-state index in [1.807, 2.05) is 25.1 Å². The van der Waals surface area contributed by atoms with Crippen LogP contribution in [0.4, 0.5) is 5.69 Å². The van der Waals surface area contributed by atoms with Gasteiger partial charge in [-0.3, -0.25) is 4.79 Å². The molecule has 1 aliphatic heterocycles. The number of hydrogen-bond acceptors (Lipinski definition) is 2. The van der Waals surface area contributed by atoms with Crippen molar-refractivity contribution in [1.82, 2.24) is 5.32 Å². The third-order valence-electron chi connectivity index (χ3n) is 4.21. The average Bonchev–Trinajstić information content (AvgIpc) is 2.43. The Kier molecular flexibility index (Phi) is 5.06. The van der Waals surface area contributed by atoms with E-state index in [4.69, 9.17) is 11.6 Å². The van der Waals surface area contributed by atoms with Gasteiger partial charge in [-0.25, -0.2) is 0 Å². The number of hydrogen-bond donors (Lipinski definition) is 2. The summed E-state index contributed by atoms with van der Waals surface area (Å²) < 4.78 is 0. The van der Waals surface area contributed by atoms with Crippen molar-refractivity contribution < 1.29 is 4.79 Å². The molecular weight excluding hydrogens is 272 g/mol. The summed E-state index contributed by atoms with van der Waals surface area (Å²) >= 11 is 5.96. The minimum absolute atomic E-state index is 0.159. The number of carbonyl (C=O) groups is 1. The van der Waals surface area contributed by atoms with Crippen LogP contribution in [-0.4, -0.2) is 19.0 Å². The molecule has 110 valence electrons. The number of anilines is 1. The van der Waals surface area contributed by atoms with Crippen LogP contribution >= 0.6 is 11.6 Å². The number of piperidine rings is 1. The zero-order chi connectivity index (χ0) is 14.6. The Morgan fingerprint density at radius 1 is 1.40 bits per heavy atom. The van der Waals surface area contributed by atoms with E-state index in [2.05, 4.69) is 17.6 Å². The van der Waals surface area contributed by atoms with Crippen molar-refractivity contribution in [3.63, 3.8) is 0 Å². The Morgan fingerprint density at radius 3 is 2.70 bits per heavy atom. The molecule has 0 spiro atoms. The van der Waals surface area contributed by atoms with Gasteiger partial charge in [-0.05, 0) is 63.0 Å². The van der Waals surface area contributed by atoms with Crippen molar-refractivity contribution in [2.45, 2.75) is 39.5 Å². The van der Waals surface area contributed by atoms with Gasteiger partial charge in [-0.1, -0.05) is 24.9 Å². The largest absolute Gasteiger partial charge is 0.325 e. The van der Waals surface area contributed by atoms with E-state index in [9.17, 15) is 4.79 Å². The lowest BCUT2D eigenvalue weighted by atomic mass is 9.74. The smallest absolute Gasteiger partial charge is 0.230 e. The summed E-state index contributed by atoms with van der Waals surface area (Å²) in [6.07, 6.45) is 3.82. The van der Waals surface area contributed by atoms with E-state index in [1.165, 1.54) is 0 Å². The summed E-state index contributed by atoms with van der Waals surface area (Å²) in [5, 5.41) is 7.15. The number of benzene rings is 1. The first-order valence-electron chi connectivity index (χ1n) is 7.36. The highest BCUT2D eigenvalue weighted by molar-refractivity contribution is 6.30. The molecule has 0 unspecified atom stereocenters. The lowest BCUT2D eigenvalue weighted by Crippen LogP contribution is -2.44. The van der Waals surface area contributed by atoms with Gasteiger partial charge in [0, 0.05) is 10.7 Å². The van der Waals surface area contributed by atoms with Crippen molar-refractivity contribution >= 4 is 23.2 Å². The predicted molar refractivity (Wildman–Crippen MR) is 84.3 cm³/mol. The van der Waals surface area contributed by atoms with Crippen molar-refractivity contribution in [1.29, 1.82) is 0 Å². The van der Waals surface area contributed by atoms with Crippen LogP contribution < -0.4 is 10.6 Å². The average molecular weight is 295 g/mol. The maximum Gasteiger partial charge on any atom is 0.230 e. The lowest BCUT2D eigenvalue weighted by molar-refractivity contribution is -0.127. The number of rotatable bonds is 4. The molecule has 0 atom stereocenters. The Bertz CT molecular complexity index is 476. The molecule has 1 fully saturated rings. The second-order valence-corrected chi connectivity index (χ2v) is 6.13. The second kappa shape index (κ2) is 6.59. The highest BCUT2D eigenvalue weighted by Crippen LogP contribution is 2.35. The molecule has 2 rings (SSSR count). The van der Waals surface area contributed by atoms with Gasteiger partial charge in [-0.15, -0.1) is 0 Å². The summed E-state index contributed by atoms with van der Waals surface area (Å²) in [4.78, 5) is 12.7. The number of nitrogens with one attached hydrogen (secondary N) is 2. The zero-order valence-electron chi connectivity index (χ0n) is 12.3. The minimum atomic E-state index is -0.216. The van der Waals surface area contributed by atoms with E-state index in [-0.39, 0.29) is 11.3 Å². The van der Waals surface area contributed by atoms with Crippen LogP contribution in [0.15, 0.2) is 18.2 Å². The van der Waals surface area contributed by atoms with Gasteiger partial charge in [0.2, 0.25) is 5.91 Å². The molecule has 1 saturated heterocycles. The molecule has 0 bridgehead atoms. The van der Waals surface area contributed by atoms with Crippen molar-refractivity contribution in [3.05, 3.63) is 28.8 Å². The Morgan fingerprint density at radius 2 is 2.10 bits per heavy atom. The molecule has 4 heteroatoms. The van der Waals surface area contributed by atoms with Crippen molar-refractivity contribution in [2.24, 2.45) is 5.41 Å². The second-order valence-electron chi connectivity index (χ2n) is 5.69. The molecule has 0 radical (unpaired) electrons. The topological polar surface area (TPSA) is 41.1 Å². The van der Waals surface area contributed by atoms with E-state index in [0.717, 1.165) is 50.0 Å². The van der Waals surface area contributed by atoms with Gasteiger partial charge in [0.15, 0.2) is 0 Å². The Balaban J connectivity index is 2.15. The van der Waals surface area contributed by atoms with E-state index in [1.54, 1.807) is 0 Å². The molecule has 2 N–H and O–H groups in total. The third kappa shape index (κ3) is 3.33. The number of amides is 1. The summed E-state index contributed by atoms with van der Waals surface area (Å²) in [6.45, 7) is 5.96. The van der Waals surface area contributed by atoms with Gasteiger partial charge < -0.3 is 10.6 Å². The fourth-order valence-corrected chi connectivity index (χ4v) is 3.22. The van der Waals surface area contributed by atoms with Crippen LogP contribution in [-0.2, 0) is 4.79 Å². The molecule has 0 aromatic heterocycles. The molecule has 3 nitrogen and oxygen atoms in total. The Hall–Kier alpha value is -1.06. The highest BCUT2D eigenvalue weighted by atomic mass is 35.5. The van der Waals surface area contributed by atoms with Gasteiger partial charge in [-0.2, -0.15) is 0 Å². The molecule has 1 amide bonds. The third-order valence-corrected chi connectivity index (χ3v) is 4.44. The van der Waals surface area contributed by atoms with Crippen LogP contribution in [0.25, 0.3) is 0 Å². The molecule has 1 heterocycles. The summed E-state index contributed by atoms with van der Waals surface area (Å²) in [6, 6.07) is 5.58. The van der Waals surface area contributed by atoms with E-state index in [0.29, 0.717) is 5.02 Å². The van der Waals surface area contributed by atoms with Crippen LogP contribution in [0, 0.1) is 12.3 Å². The molecule has 0 aliphatic carbocycles. The fraction of sp³-hybridized carbons (Fsp3) is 0.562. The van der Waals surface area contributed by atoms with Crippen molar-refractivity contribution in [3.8, 4) is 0 Å². The normalized spacial score (nSPS) is 17.8. The summed E-state index contributed by atoms with van der Waals surface area (Å²) in [5.74, 6) is 0.159. The van der Waals surface area contributed by atoms with Crippen molar-refractivity contribution in [2.75, 3.05) is 18.4 Å². The van der Waals surface area contributed by atoms with Crippen LogP contribution in [0.1, 0.15) is 38.2 Å². The molecule has 20 heavy (non-hydrogen) atoms. The first-order chi connectivity index (χ1) is 9.57. The van der Waals surface area contributed by atoms with Crippen LogP contribution in [0.3, 0.4) is 0 Å². The molecule has 0 saturated carbocycles. The van der Waals surface area contributed by atoms with E-state index >= 15 is 0 Å². The SMILES string of the molecule is CCCC1(C(=O)Nc2ccc(Cl)cc2C)CCNCC1. The van der Waals surface area contributed by atoms with E-state index < -0.39 is 0 Å². The Labute approximate surface area is 126 Å². The first kappa shape index (κ1) is 15.3. The van der Waals surface area contributed by atoms with Gasteiger partial charge in [0.05, 0.1) is 5.41 Å². The van der Waals surface area contributed by atoms with Gasteiger partial charge >= 0.3 is 0 Å². The number of aryl methyl sites for hydroxylation is 1. The number of halogens is 1. The molecule has 1 aromatic carbocycles. The monoisotopic (exact) mass is 294 g/mol. The molecular formula is C16H23ClN2O. The number of carbonyl (C=O) groups excluding carboxylic acids is 1. The maximum atomic E-state index is 12.7. The lowest BCUT2D eigenvalue weighted by Gasteiger charge is -2.36. The zero-order valence-corrected chi connectivity index (χ0v) is 13.0. The fourth-order valence-electron chi connectivity index (χ4n) is 3.00. The highest BCUT2D eigenvalue weighted by Gasteiger charge is 2.38.